The number of carbonyl (C=O) groups excluding carboxylic acids is 2. The Morgan fingerprint density at radius 2 is 1.68 bits per heavy atom. The molecule has 2 aromatic carbocycles. The maximum Gasteiger partial charge on any atom is 0.260 e. The zero-order valence-electron chi connectivity index (χ0n) is 16.5. The molecule has 0 saturated carbocycles. The summed E-state index contributed by atoms with van der Waals surface area (Å²) in [5, 5.41) is 2.89. The van der Waals surface area contributed by atoms with Crippen molar-refractivity contribution in [1.82, 2.24) is 9.80 Å². The SMILES string of the molecule is Cc1ccc(OCC(=O)N2CCN(CC(=O)Nc3ccccc3)CC2)cc1C. The van der Waals surface area contributed by atoms with E-state index in [0.29, 0.717) is 38.5 Å². The van der Waals surface area contributed by atoms with E-state index in [4.69, 9.17) is 4.74 Å². The maximum atomic E-state index is 12.4. The minimum Gasteiger partial charge on any atom is -0.484 e. The van der Waals surface area contributed by atoms with Gasteiger partial charge in [0.2, 0.25) is 5.91 Å². The van der Waals surface area contributed by atoms with Gasteiger partial charge >= 0.3 is 0 Å². The van der Waals surface area contributed by atoms with Gasteiger partial charge in [-0.15, -0.1) is 0 Å². The number of nitrogens with one attached hydrogen (secondary N) is 1. The average Bonchev–Trinajstić information content (AvgIpc) is 2.70. The Balaban J connectivity index is 1.40. The first-order valence-corrected chi connectivity index (χ1v) is 9.56. The number of rotatable bonds is 6. The lowest BCUT2D eigenvalue weighted by atomic mass is 10.1. The molecule has 1 N–H and O–H groups in total. The molecule has 0 radical (unpaired) electrons. The van der Waals surface area contributed by atoms with Gasteiger partial charge in [0.1, 0.15) is 5.75 Å². The summed E-state index contributed by atoms with van der Waals surface area (Å²) in [6, 6.07) is 15.3. The lowest BCUT2D eigenvalue weighted by Crippen LogP contribution is -2.51. The monoisotopic (exact) mass is 381 g/mol. The number of piperazine rings is 1. The van der Waals surface area contributed by atoms with Gasteiger partial charge in [0.05, 0.1) is 6.54 Å². The highest BCUT2D eigenvalue weighted by molar-refractivity contribution is 5.92. The summed E-state index contributed by atoms with van der Waals surface area (Å²) in [6.45, 7) is 7.00. The topological polar surface area (TPSA) is 61.9 Å². The van der Waals surface area contributed by atoms with Crippen molar-refractivity contribution in [2.24, 2.45) is 0 Å². The molecule has 148 valence electrons. The highest BCUT2D eigenvalue weighted by Crippen LogP contribution is 2.16. The minimum absolute atomic E-state index is 0.0217. The summed E-state index contributed by atoms with van der Waals surface area (Å²) < 4.78 is 5.65. The van der Waals surface area contributed by atoms with Gasteiger partial charge in [-0.25, -0.2) is 0 Å². The van der Waals surface area contributed by atoms with E-state index in [1.165, 1.54) is 5.56 Å². The zero-order chi connectivity index (χ0) is 19.9. The fourth-order valence-corrected chi connectivity index (χ4v) is 3.12. The van der Waals surface area contributed by atoms with Crippen LogP contribution in [0, 0.1) is 13.8 Å². The molecule has 1 aliphatic rings. The third-order valence-electron chi connectivity index (χ3n) is 4.99. The number of para-hydroxylation sites is 1. The van der Waals surface area contributed by atoms with Crippen LogP contribution < -0.4 is 10.1 Å². The van der Waals surface area contributed by atoms with Gasteiger partial charge in [-0.05, 0) is 49.2 Å². The third-order valence-corrected chi connectivity index (χ3v) is 4.99. The molecule has 1 saturated heterocycles. The number of hydrogen-bond acceptors (Lipinski definition) is 4. The molecule has 1 aliphatic heterocycles. The second-order valence-electron chi connectivity index (χ2n) is 7.11. The van der Waals surface area contributed by atoms with Gasteiger partial charge in [-0.3, -0.25) is 14.5 Å². The number of anilines is 1. The Morgan fingerprint density at radius 1 is 0.964 bits per heavy atom. The largest absolute Gasteiger partial charge is 0.484 e. The molecule has 28 heavy (non-hydrogen) atoms. The molecular weight excluding hydrogens is 354 g/mol. The molecule has 6 heteroatoms. The molecule has 3 rings (SSSR count). The molecule has 6 nitrogen and oxygen atoms in total. The van der Waals surface area contributed by atoms with Crippen LogP contribution >= 0.6 is 0 Å². The predicted molar refractivity (Wildman–Crippen MR) is 110 cm³/mol. The van der Waals surface area contributed by atoms with Gasteiger partial charge in [0.25, 0.3) is 5.91 Å². The Kier molecular flexibility index (Phi) is 6.66. The summed E-state index contributed by atoms with van der Waals surface area (Å²) in [5.74, 6) is 0.656. The zero-order valence-corrected chi connectivity index (χ0v) is 16.5. The van der Waals surface area contributed by atoms with Crippen LogP contribution in [0.15, 0.2) is 48.5 Å². The van der Waals surface area contributed by atoms with Crippen molar-refractivity contribution < 1.29 is 14.3 Å². The Bertz CT molecular complexity index is 815. The normalized spacial score (nSPS) is 14.6. The predicted octanol–water partition coefficient (Wildman–Crippen LogP) is 2.47. The van der Waals surface area contributed by atoms with E-state index in [1.54, 1.807) is 4.90 Å². The molecule has 0 aromatic heterocycles. The molecule has 0 aliphatic carbocycles. The number of hydrogen-bond donors (Lipinski definition) is 1. The van der Waals surface area contributed by atoms with Crippen LogP contribution in [0.25, 0.3) is 0 Å². The highest BCUT2D eigenvalue weighted by atomic mass is 16.5. The van der Waals surface area contributed by atoms with E-state index in [-0.39, 0.29) is 18.4 Å². The van der Waals surface area contributed by atoms with E-state index in [1.807, 2.05) is 62.4 Å². The quantitative estimate of drug-likeness (QED) is 0.835. The van der Waals surface area contributed by atoms with Crippen molar-refractivity contribution in [3.63, 3.8) is 0 Å². The summed E-state index contributed by atoms with van der Waals surface area (Å²) in [7, 11) is 0. The van der Waals surface area contributed by atoms with Crippen molar-refractivity contribution in [2.75, 3.05) is 44.6 Å². The van der Waals surface area contributed by atoms with Crippen molar-refractivity contribution in [1.29, 1.82) is 0 Å². The number of nitrogens with zero attached hydrogens (tertiary/aromatic N) is 2. The maximum absolute atomic E-state index is 12.4. The number of ether oxygens (including phenoxy) is 1. The van der Waals surface area contributed by atoms with Crippen LogP contribution in [0.4, 0.5) is 5.69 Å². The lowest BCUT2D eigenvalue weighted by molar-refractivity contribution is -0.135. The second-order valence-corrected chi connectivity index (χ2v) is 7.11. The van der Waals surface area contributed by atoms with Crippen molar-refractivity contribution in [3.8, 4) is 5.75 Å². The molecule has 0 spiro atoms. The van der Waals surface area contributed by atoms with Crippen LogP contribution in [-0.2, 0) is 9.59 Å². The summed E-state index contributed by atoms with van der Waals surface area (Å²) >= 11 is 0. The Labute approximate surface area is 166 Å². The Morgan fingerprint density at radius 3 is 2.36 bits per heavy atom. The van der Waals surface area contributed by atoms with Crippen molar-refractivity contribution in [3.05, 3.63) is 59.7 Å². The van der Waals surface area contributed by atoms with E-state index in [9.17, 15) is 9.59 Å². The average molecular weight is 381 g/mol. The standard InChI is InChI=1S/C22H27N3O3/c1-17-8-9-20(14-18(17)2)28-16-22(27)25-12-10-24(11-13-25)15-21(26)23-19-6-4-3-5-7-19/h3-9,14H,10-13,15-16H2,1-2H3,(H,23,26). The van der Waals surface area contributed by atoms with Gasteiger partial charge in [0, 0.05) is 31.9 Å². The molecule has 0 atom stereocenters. The molecule has 1 fully saturated rings. The van der Waals surface area contributed by atoms with Crippen LogP contribution in [0.5, 0.6) is 5.75 Å². The second kappa shape index (κ2) is 9.37. The number of benzene rings is 2. The first-order chi connectivity index (χ1) is 13.5. The van der Waals surface area contributed by atoms with Crippen molar-refractivity contribution in [2.45, 2.75) is 13.8 Å². The fourth-order valence-electron chi connectivity index (χ4n) is 3.12. The number of carbonyl (C=O) groups is 2. The lowest BCUT2D eigenvalue weighted by Gasteiger charge is -2.34. The fraction of sp³-hybridized carbons (Fsp3) is 0.364. The van der Waals surface area contributed by atoms with Crippen LogP contribution in [0.2, 0.25) is 0 Å². The Hall–Kier alpha value is -2.86. The first kappa shape index (κ1) is 19.9. The summed E-state index contributed by atoms with van der Waals surface area (Å²) in [4.78, 5) is 28.4. The van der Waals surface area contributed by atoms with Gasteiger partial charge in [-0.1, -0.05) is 24.3 Å². The highest BCUT2D eigenvalue weighted by Gasteiger charge is 2.22. The molecule has 0 unspecified atom stereocenters. The summed E-state index contributed by atoms with van der Waals surface area (Å²) in [6.07, 6.45) is 0. The molecule has 0 bridgehead atoms. The molecule has 2 aromatic rings. The van der Waals surface area contributed by atoms with Crippen LogP contribution in [0.3, 0.4) is 0 Å². The van der Waals surface area contributed by atoms with E-state index >= 15 is 0 Å². The van der Waals surface area contributed by atoms with E-state index in [0.717, 1.165) is 11.3 Å². The van der Waals surface area contributed by atoms with Crippen LogP contribution in [-0.4, -0.2) is 60.9 Å². The number of amides is 2. The molecular formula is C22H27N3O3. The number of aryl methyl sites for hydroxylation is 2. The van der Waals surface area contributed by atoms with E-state index in [2.05, 4.69) is 10.2 Å². The first-order valence-electron chi connectivity index (χ1n) is 9.56. The van der Waals surface area contributed by atoms with E-state index < -0.39 is 0 Å². The molecule has 1 heterocycles. The van der Waals surface area contributed by atoms with Gasteiger partial charge in [-0.2, -0.15) is 0 Å². The van der Waals surface area contributed by atoms with Crippen molar-refractivity contribution >= 4 is 17.5 Å². The minimum atomic E-state index is -0.0379. The molecule has 2 amide bonds. The third kappa shape index (κ3) is 5.57. The van der Waals surface area contributed by atoms with Crippen LogP contribution in [0.1, 0.15) is 11.1 Å². The smallest absolute Gasteiger partial charge is 0.260 e. The van der Waals surface area contributed by atoms with Gasteiger partial charge in [0.15, 0.2) is 6.61 Å². The summed E-state index contributed by atoms with van der Waals surface area (Å²) in [5.41, 5.74) is 3.14. The van der Waals surface area contributed by atoms with Gasteiger partial charge < -0.3 is 15.0 Å².